The van der Waals surface area contributed by atoms with Crippen LogP contribution in [0.15, 0.2) is 42.5 Å². The van der Waals surface area contributed by atoms with Gasteiger partial charge in [-0.05, 0) is 41.7 Å². The topological polar surface area (TPSA) is 41.1 Å². The molecular formula is C19H22ClFN2O. The van der Waals surface area contributed by atoms with Crippen LogP contribution in [-0.2, 0) is 5.41 Å². The minimum Gasteiger partial charge on any atom is -0.331 e. The number of hydrogen-bond acceptors (Lipinski definition) is 1. The molecule has 24 heavy (non-hydrogen) atoms. The van der Waals surface area contributed by atoms with E-state index in [0.29, 0.717) is 0 Å². The van der Waals surface area contributed by atoms with E-state index in [4.69, 9.17) is 11.6 Å². The van der Waals surface area contributed by atoms with E-state index in [2.05, 4.69) is 43.5 Å². The number of urea groups is 1. The van der Waals surface area contributed by atoms with Crippen molar-refractivity contribution in [3.05, 3.63) is 64.4 Å². The molecule has 0 fully saturated rings. The first-order valence-electron chi connectivity index (χ1n) is 7.80. The Bertz CT molecular complexity index is 723. The lowest BCUT2D eigenvalue weighted by molar-refractivity contribution is 0.249. The molecule has 0 aliphatic rings. The number of nitrogens with one attached hydrogen (secondary N) is 2. The summed E-state index contributed by atoms with van der Waals surface area (Å²) in [5.41, 5.74) is 2.38. The number of carbonyl (C=O) groups is 1. The quantitative estimate of drug-likeness (QED) is 0.738. The summed E-state index contributed by atoms with van der Waals surface area (Å²) in [6.07, 6.45) is 0. The Balaban J connectivity index is 2.01. The lowest BCUT2D eigenvalue weighted by Gasteiger charge is -2.21. The summed E-state index contributed by atoms with van der Waals surface area (Å²) in [6.45, 7) is 8.33. The van der Waals surface area contributed by atoms with Crippen molar-refractivity contribution in [3.8, 4) is 0 Å². The maximum Gasteiger partial charge on any atom is 0.319 e. The van der Waals surface area contributed by atoms with Crippen molar-refractivity contribution in [1.82, 2.24) is 5.32 Å². The lowest BCUT2D eigenvalue weighted by Crippen LogP contribution is -2.31. The molecule has 0 aliphatic carbocycles. The third-order valence-electron chi connectivity index (χ3n) is 3.80. The molecule has 0 saturated heterocycles. The second-order valence-corrected chi connectivity index (χ2v) is 7.25. The van der Waals surface area contributed by atoms with Crippen molar-refractivity contribution in [2.75, 3.05) is 5.32 Å². The molecule has 0 bridgehead atoms. The predicted octanol–water partition coefficient (Wildman–Crippen LogP) is 5.66. The molecule has 0 heterocycles. The summed E-state index contributed by atoms with van der Waals surface area (Å²) < 4.78 is 13.7. The van der Waals surface area contributed by atoms with Crippen molar-refractivity contribution < 1.29 is 9.18 Å². The molecule has 1 atom stereocenters. The fourth-order valence-electron chi connectivity index (χ4n) is 2.30. The highest BCUT2D eigenvalue weighted by Gasteiger charge is 2.15. The number of carbonyl (C=O) groups excluding carboxylic acids is 1. The molecular weight excluding hydrogens is 327 g/mol. The van der Waals surface area contributed by atoms with Crippen LogP contribution in [0.1, 0.15) is 44.9 Å². The first-order valence-corrected chi connectivity index (χ1v) is 8.17. The van der Waals surface area contributed by atoms with Gasteiger partial charge < -0.3 is 10.6 Å². The van der Waals surface area contributed by atoms with Crippen LogP contribution < -0.4 is 10.6 Å². The van der Waals surface area contributed by atoms with Crippen LogP contribution in [0.25, 0.3) is 0 Å². The van der Waals surface area contributed by atoms with E-state index in [1.165, 1.54) is 17.7 Å². The molecule has 0 spiro atoms. The fraction of sp³-hybridized carbons (Fsp3) is 0.316. The van der Waals surface area contributed by atoms with Gasteiger partial charge in [-0.25, -0.2) is 9.18 Å². The molecule has 0 saturated carbocycles. The Kier molecular flexibility index (Phi) is 5.50. The molecule has 5 heteroatoms. The number of amides is 2. The van der Waals surface area contributed by atoms with E-state index in [-0.39, 0.29) is 22.2 Å². The zero-order valence-corrected chi connectivity index (χ0v) is 15.0. The van der Waals surface area contributed by atoms with E-state index < -0.39 is 11.8 Å². The van der Waals surface area contributed by atoms with Gasteiger partial charge in [0, 0.05) is 5.02 Å². The van der Waals surface area contributed by atoms with Gasteiger partial charge in [-0.2, -0.15) is 0 Å². The Hall–Kier alpha value is -2.07. The SMILES string of the molecule is C[C@@H](NC(=O)Nc1ccc(Cl)cc1F)c1ccc(C(C)(C)C)cc1. The number of benzene rings is 2. The van der Waals surface area contributed by atoms with Crippen LogP contribution in [0.3, 0.4) is 0 Å². The monoisotopic (exact) mass is 348 g/mol. The maximum absolute atomic E-state index is 13.7. The first kappa shape index (κ1) is 18.3. The van der Waals surface area contributed by atoms with Crippen molar-refractivity contribution in [1.29, 1.82) is 0 Å². The molecule has 0 aromatic heterocycles. The van der Waals surface area contributed by atoms with E-state index in [0.717, 1.165) is 11.6 Å². The molecule has 2 aromatic rings. The van der Waals surface area contributed by atoms with Gasteiger partial charge in [-0.3, -0.25) is 0 Å². The molecule has 0 radical (unpaired) electrons. The zero-order valence-electron chi connectivity index (χ0n) is 14.3. The summed E-state index contributed by atoms with van der Waals surface area (Å²) in [5.74, 6) is -0.570. The normalized spacial score (nSPS) is 12.6. The third kappa shape index (κ3) is 4.71. The van der Waals surface area contributed by atoms with E-state index in [9.17, 15) is 9.18 Å². The van der Waals surface area contributed by atoms with Crippen LogP contribution in [0.5, 0.6) is 0 Å². The Labute approximate surface area is 147 Å². The van der Waals surface area contributed by atoms with Gasteiger partial charge in [0.1, 0.15) is 5.82 Å². The summed E-state index contributed by atoms with van der Waals surface area (Å²) in [6, 6.07) is 11.6. The highest BCUT2D eigenvalue weighted by Crippen LogP contribution is 2.24. The summed E-state index contributed by atoms with van der Waals surface area (Å²) in [5, 5.41) is 5.57. The fourth-order valence-corrected chi connectivity index (χ4v) is 2.46. The smallest absolute Gasteiger partial charge is 0.319 e. The van der Waals surface area contributed by atoms with Crippen molar-refractivity contribution >= 4 is 23.3 Å². The molecule has 3 nitrogen and oxygen atoms in total. The van der Waals surface area contributed by atoms with Gasteiger partial charge in [0.25, 0.3) is 0 Å². The van der Waals surface area contributed by atoms with Gasteiger partial charge in [-0.1, -0.05) is 56.6 Å². The molecule has 2 aromatic carbocycles. The molecule has 0 aliphatic heterocycles. The standard InChI is InChI=1S/C19H22ClFN2O/c1-12(13-5-7-14(8-6-13)19(2,3)4)22-18(24)23-17-10-9-15(20)11-16(17)21/h5-12H,1-4H3,(H2,22,23,24)/t12-/m1/s1. The molecule has 0 unspecified atom stereocenters. The van der Waals surface area contributed by atoms with Crippen LogP contribution in [0, 0.1) is 5.82 Å². The van der Waals surface area contributed by atoms with E-state index >= 15 is 0 Å². The summed E-state index contributed by atoms with van der Waals surface area (Å²) >= 11 is 5.69. The predicted molar refractivity (Wildman–Crippen MR) is 97.1 cm³/mol. The van der Waals surface area contributed by atoms with Crippen molar-refractivity contribution in [2.45, 2.75) is 39.2 Å². The average Bonchev–Trinajstić information content (AvgIpc) is 2.49. The van der Waals surface area contributed by atoms with Crippen molar-refractivity contribution in [2.24, 2.45) is 0 Å². The number of halogens is 2. The maximum atomic E-state index is 13.7. The van der Waals surface area contributed by atoms with Crippen LogP contribution >= 0.6 is 11.6 Å². The van der Waals surface area contributed by atoms with Gasteiger partial charge in [-0.15, -0.1) is 0 Å². The van der Waals surface area contributed by atoms with Crippen LogP contribution in [0.4, 0.5) is 14.9 Å². The van der Waals surface area contributed by atoms with Gasteiger partial charge >= 0.3 is 6.03 Å². The first-order chi connectivity index (χ1) is 11.2. The van der Waals surface area contributed by atoms with E-state index in [1.807, 2.05) is 19.1 Å². The summed E-state index contributed by atoms with van der Waals surface area (Å²) in [4.78, 5) is 12.0. The number of rotatable bonds is 3. The number of hydrogen-bond donors (Lipinski definition) is 2. The molecule has 128 valence electrons. The second kappa shape index (κ2) is 7.22. The summed E-state index contributed by atoms with van der Waals surface area (Å²) in [7, 11) is 0. The highest BCUT2D eigenvalue weighted by atomic mass is 35.5. The van der Waals surface area contributed by atoms with Crippen LogP contribution in [-0.4, -0.2) is 6.03 Å². The van der Waals surface area contributed by atoms with Gasteiger partial charge in [0.05, 0.1) is 11.7 Å². The largest absolute Gasteiger partial charge is 0.331 e. The highest BCUT2D eigenvalue weighted by molar-refractivity contribution is 6.30. The number of anilines is 1. The lowest BCUT2D eigenvalue weighted by atomic mass is 9.86. The average molecular weight is 349 g/mol. The molecule has 2 rings (SSSR count). The molecule has 2 N–H and O–H groups in total. The second-order valence-electron chi connectivity index (χ2n) is 6.82. The Morgan fingerprint density at radius 2 is 1.75 bits per heavy atom. The van der Waals surface area contributed by atoms with Crippen molar-refractivity contribution in [3.63, 3.8) is 0 Å². The van der Waals surface area contributed by atoms with Gasteiger partial charge in [0.15, 0.2) is 0 Å². The molecule has 2 amide bonds. The minimum atomic E-state index is -0.570. The van der Waals surface area contributed by atoms with E-state index in [1.54, 1.807) is 0 Å². The third-order valence-corrected chi connectivity index (χ3v) is 4.04. The van der Waals surface area contributed by atoms with Crippen LogP contribution in [0.2, 0.25) is 5.02 Å². The zero-order chi connectivity index (χ0) is 17.9. The Morgan fingerprint density at radius 3 is 2.29 bits per heavy atom. The Morgan fingerprint density at radius 1 is 1.12 bits per heavy atom. The van der Waals surface area contributed by atoms with Gasteiger partial charge in [0.2, 0.25) is 0 Å². The minimum absolute atomic E-state index is 0.0820.